The number of rotatable bonds is 11. The van der Waals surface area contributed by atoms with Gasteiger partial charge in [0.05, 0.1) is 6.61 Å². The third-order valence-corrected chi connectivity index (χ3v) is 6.24. The van der Waals surface area contributed by atoms with Crippen LogP contribution >= 0.6 is 0 Å². The molecule has 6 nitrogen and oxygen atoms in total. The van der Waals surface area contributed by atoms with Gasteiger partial charge in [-0.1, -0.05) is 0 Å². The zero-order chi connectivity index (χ0) is 17.7. The van der Waals surface area contributed by atoms with Crippen molar-refractivity contribution in [1.82, 2.24) is 0 Å². The van der Waals surface area contributed by atoms with E-state index in [1.165, 1.54) is 7.11 Å². The van der Waals surface area contributed by atoms with E-state index in [0.29, 0.717) is 12.5 Å². The molecule has 0 amide bonds. The second-order valence-corrected chi connectivity index (χ2v) is 11.1. The molecule has 0 unspecified atom stereocenters. The Morgan fingerprint density at radius 1 is 1.14 bits per heavy atom. The van der Waals surface area contributed by atoms with Crippen LogP contribution in [-0.2, 0) is 24.0 Å². The van der Waals surface area contributed by atoms with Gasteiger partial charge < -0.3 is 13.9 Å². The third kappa shape index (κ3) is 8.38. The van der Waals surface area contributed by atoms with Crippen LogP contribution in [-0.4, -0.2) is 59.6 Å². The highest BCUT2D eigenvalue weighted by Gasteiger charge is 2.45. The first-order valence-corrected chi connectivity index (χ1v) is 10.8. The van der Waals surface area contributed by atoms with Crippen molar-refractivity contribution in [1.29, 1.82) is 0 Å². The lowest BCUT2D eigenvalue weighted by Crippen LogP contribution is -2.37. The molecule has 0 heterocycles. The van der Waals surface area contributed by atoms with E-state index in [9.17, 15) is 26.0 Å². The Morgan fingerprint density at radius 3 is 2.14 bits per heavy atom. The Balaban J connectivity index is 4.11. The van der Waals surface area contributed by atoms with Crippen LogP contribution in [0.4, 0.5) is 17.6 Å². The summed E-state index contributed by atoms with van der Waals surface area (Å²) in [5.41, 5.74) is 0. The maximum Gasteiger partial charge on any atom is 0.392 e. The molecule has 0 rings (SSSR count). The van der Waals surface area contributed by atoms with Gasteiger partial charge in [-0.25, -0.2) is 0 Å². The van der Waals surface area contributed by atoms with E-state index in [1.807, 2.05) is 13.1 Å². The standard InChI is InChI=1S/C10H20F4O6SSi/c1-18-22(2,3)6-4-5-20-9(11,12)7-19-8-10(13,14)21(15,16)17/h4-8H2,1-3H3,(H,15,16,17). The molecule has 134 valence electrons. The number of ether oxygens (including phenoxy) is 2. The largest absolute Gasteiger partial charge is 0.420 e. The Morgan fingerprint density at radius 2 is 1.68 bits per heavy atom. The van der Waals surface area contributed by atoms with Gasteiger partial charge in [-0.15, -0.1) is 0 Å². The van der Waals surface area contributed by atoms with Crippen molar-refractivity contribution in [3.05, 3.63) is 0 Å². The summed E-state index contributed by atoms with van der Waals surface area (Å²) in [6, 6.07) is 0.571. The summed E-state index contributed by atoms with van der Waals surface area (Å²) in [6.45, 7) is 0.0137. The summed E-state index contributed by atoms with van der Waals surface area (Å²) in [7, 11) is -6.08. The van der Waals surface area contributed by atoms with Crippen LogP contribution in [0.3, 0.4) is 0 Å². The lowest BCUT2D eigenvalue weighted by atomic mass is 10.5. The molecule has 0 aromatic rings. The van der Waals surface area contributed by atoms with Crippen LogP contribution < -0.4 is 0 Å². The van der Waals surface area contributed by atoms with Crippen LogP contribution in [0, 0.1) is 0 Å². The smallest absolute Gasteiger partial charge is 0.392 e. The van der Waals surface area contributed by atoms with Crippen molar-refractivity contribution in [2.75, 3.05) is 26.9 Å². The number of hydrogen-bond donors (Lipinski definition) is 1. The van der Waals surface area contributed by atoms with Crippen LogP contribution in [0.15, 0.2) is 0 Å². The molecular weight excluding hydrogens is 352 g/mol. The summed E-state index contributed by atoms with van der Waals surface area (Å²) in [5.74, 6) is 0. The highest BCUT2D eigenvalue weighted by atomic mass is 32.2. The highest BCUT2D eigenvalue weighted by molar-refractivity contribution is 7.86. The molecule has 0 bridgehead atoms. The molecule has 0 radical (unpaired) electrons. The average Bonchev–Trinajstić information content (AvgIpc) is 2.33. The van der Waals surface area contributed by atoms with Gasteiger partial charge in [0.2, 0.25) is 0 Å². The Kier molecular flexibility index (Phi) is 7.91. The zero-order valence-electron chi connectivity index (χ0n) is 12.4. The van der Waals surface area contributed by atoms with Gasteiger partial charge in [0.25, 0.3) is 0 Å². The third-order valence-electron chi connectivity index (χ3n) is 2.71. The van der Waals surface area contributed by atoms with Crippen molar-refractivity contribution in [2.24, 2.45) is 0 Å². The van der Waals surface area contributed by atoms with E-state index in [2.05, 4.69) is 9.47 Å². The highest BCUT2D eigenvalue weighted by Crippen LogP contribution is 2.23. The quantitative estimate of drug-likeness (QED) is 0.259. The lowest BCUT2D eigenvalue weighted by molar-refractivity contribution is -0.268. The zero-order valence-corrected chi connectivity index (χ0v) is 14.3. The molecule has 0 saturated carbocycles. The minimum atomic E-state index is -5.71. The lowest BCUT2D eigenvalue weighted by Gasteiger charge is -2.21. The Labute approximate surface area is 127 Å². The molecule has 22 heavy (non-hydrogen) atoms. The first kappa shape index (κ1) is 21.7. The fourth-order valence-corrected chi connectivity index (χ4v) is 2.66. The minimum absolute atomic E-state index is 0.295. The van der Waals surface area contributed by atoms with Gasteiger partial charge in [0, 0.05) is 7.11 Å². The van der Waals surface area contributed by atoms with Crippen LogP contribution in [0.5, 0.6) is 0 Å². The van der Waals surface area contributed by atoms with E-state index < -0.39 is 43.0 Å². The van der Waals surface area contributed by atoms with Gasteiger partial charge in [0.15, 0.2) is 8.32 Å². The van der Waals surface area contributed by atoms with E-state index in [1.54, 1.807) is 0 Å². The molecule has 0 fully saturated rings. The Bertz CT molecular complexity index is 443. The molecule has 0 saturated heterocycles. The van der Waals surface area contributed by atoms with E-state index >= 15 is 0 Å². The summed E-state index contributed by atoms with van der Waals surface area (Å²) < 4.78 is 93.8. The molecule has 12 heteroatoms. The van der Waals surface area contributed by atoms with Crippen LogP contribution in [0.1, 0.15) is 6.42 Å². The predicted octanol–water partition coefficient (Wildman–Crippen LogP) is 2.33. The molecule has 0 aliphatic carbocycles. The van der Waals surface area contributed by atoms with Gasteiger partial charge in [-0.2, -0.15) is 26.0 Å². The molecule has 0 atom stereocenters. The average molecular weight is 372 g/mol. The van der Waals surface area contributed by atoms with Gasteiger partial charge in [-0.3, -0.25) is 4.55 Å². The number of alkyl halides is 4. The molecule has 0 aliphatic heterocycles. The minimum Gasteiger partial charge on any atom is -0.420 e. The number of hydrogen-bond acceptors (Lipinski definition) is 5. The maximum absolute atomic E-state index is 13.2. The van der Waals surface area contributed by atoms with Crippen molar-refractivity contribution in [3.8, 4) is 0 Å². The van der Waals surface area contributed by atoms with Gasteiger partial charge >= 0.3 is 21.5 Å². The molecule has 0 spiro atoms. The first-order valence-electron chi connectivity index (χ1n) is 6.22. The summed E-state index contributed by atoms with van der Waals surface area (Å²) >= 11 is 0. The van der Waals surface area contributed by atoms with Gasteiger partial charge in [0.1, 0.15) is 13.2 Å². The van der Waals surface area contributed by atoms with Crippen molar-refractivity contribution < 1.29 is 44.4 Å². The van der Waals surface area contributed by atoms with Crippen LogP contribution in [0.25, 0.3) is 0 Å². The normalized spacial score (nSPS) is 14.4. The van der Waals surface area contributed by atoms with Crippen molar-refractivity contribution >= 4 is 18.4 Å². The SMILES string of the molecule is CO[Si](C)(C)CCCOC(F)(F)COCC(F)(F)S(=O)(=O)O. The first-order chi connectivity index (χ1) is 9.72. The second-order valence-electron chi connectivity index (χ2n) is 5.16. The maximum atomic E-state index is 13.2. The number of halogens is 4. The summed E-state index contributed by atoms with van der Waals surface area (Å²) in [6.07, 6.45) is -3.54. The Hall–Kier alpha value is -0.273. The second kappa shape index (κ2) is 8.01. The summed E-state index contributed by atoms with van der Waals surface area (Å²) in [4.78, 5) is 0. The fraction of sp³-hybridized carbons (Fsp3) is 1.00. The topological polar surface area (TPSA) is 82.1 Å². The predicted molar refractivity (Wildman–Crippen MR) is 72.1 cm³/mol. The van der Waals surface area contributed by atoms with Crippen LogP contribution in [0.2, 0.25) is 19.1 Å². The van der Waals surface area contributed by atoms with Crippen molar-refractivity contribution in [2.45, 2.75) is 36.9 Å². The van der Waals surface area contributed by atoms with E-state index in [4.69, 9.17) is 8.98 Å². The molecule has 0 aliphatic rings. The summed E-state index contributed by atoms with van der Waals surface area (Å²) in [5, 5.41) is -4.66. The van der Waals surface area contributed by atoms with E-state index in [-0.39, 0.29) is 6.61 Å². The molecular formula is C10H20F4O6SSi. The monoisotopic (exact) mass is 372 g/mol. The van der Waals surface area contributed by atoms with E-state index in [0.717, 1.165) is 0 Å². The molecule has 1 N–H and O–H groups in total. The van der Waals surface area contributed by atoms with Gasteiger partial charge in [-0.05, 0) is 25.6 Å². The molecule has 0 aromatic carbocycles. The molecule has 0 aromatic heterocycles. The van der Waals surface area contributed by atoms with Crippen molar-refractivity contribution in [3.63, 3.8) is 0 Å². The fourth-order valence-electron chi connectivity index (χ4n) is 1.23.